The van der Waals surface area contributed by atoms with Gasteiger partial charge in [-0.15, -0.1) is 0 Å². The summed E-state index contributed by atoms with van der Waals surface area (Å²) in [4.78, 5) is 0. The molecule has 0 fully saturated rings. The van der Waals surface area contributed by atoms with Gasteiger partial charge in [0.2, 0.25) is 0 Å². The number of benzene rings is 5. The Morgan fingerprint density at radius 1 is 0.386 bits per heavy atom. The lowest BCUT2D eigenvalue weighted by Gasteiger charge is -2.19. The van der Waals surface area contributed by atoms with Crippen LogP contribution >= 0.6 is 15.1 Å². The van der Waals surface area contributed by atoms with Gasteiger partial charge in [-0.25, -0.2) is 0 Å². The van der Waals surface area contributed by atoms with E-state index in [1.807, 2.05) is 0 Å². The third kappa shape index (κ3) is 5.26. The number of hydrogen-bond donors (Lipinski definition) is 0. The average molecular weight is 607 g/mol. The Kier molecular flexibility index (Phi) is 7.21. The fourth-order valence-electron chi connectivity index (χ4n) is 6.33. The van der Waals surface area contributed by atoms with Crippen molar-refractivity contribution in [2.24, 2.45) is 0 Å². The zero-order valence-electron chi connectivity index (χ0n) is 26.6. The van der Waals surface area contributed by atoms with Gasteiger partial charge in [-0.1, -0.05) is 166 Å². The van der Waals surface area contributed by atoms with Crippen molar-refractivity contribution in [1.82, 2.24) is 0 Å². The molecule has 0 spiro atoms. The Bertz CT molecular complexity index is 1920. The molecule has 2 atom stereocenters. The predicted molar refractivity (Wildman–Crippen MR) is 198 cm³/mol. The largest absolute Gasteiger partial charge is 0.0772 e. The van der Waals surface area contributed by atoms with E-state index < -0.39 is 15.1 Å². The molecule has 2 aromatic heterocycles. The molecule has 0 saturated carbocycles. The molecule has 0 aliphatic heterocycles. The molecule has 0 radical (unpaired) electrons. The predicted octanol–water partition coefficient (Wildman–Crippen LogP) is 13.9. The molecule has 5 aromatic carbocycles. The van der Waals surface area contributed by atoms with Gasteiger partial charge in [0.25, 0.3) is 0 Å². The van der Waals surface area contributed by atoms with Crippen LogP contribution in [0.15, 0.2) is 133 Å². The minimum absolute atomic E-state index is 0.141. The topological polar surface area (TPSA) is 0 Å². The van der Waals surface area contributed by atoms with Crippen LogP contribution in [-0.4, -0.2) is 0 Å². The van der Waals surface area contributed by atoms with Crippen molar-refractivity contribution in [3.05, 3.63) is 145 Å². The van der Waals surface area contributed by atoms with Gasteiger partial charge in [-0.3, -0.25) is 0 Å². The molecule has 7 aromatic rings. The highest BCUT2D eigenvalue weighted by Gasteiger charge is 2.21. The lowest BCUT2D eigenvalue weighted by Crippen LogP contribution is -2.10. The molecule has 0 aliphatic carbocycles. The van der Waals surface area contributed by atoms with Gasteiger partial charge in [0, 0.05) is 20.8 Å². The highest BCUT2D eigenvalue weighted by Crippen LogP contribution is 2.60. The molecule has 0 amide bonds. The fourth-order valence-corrected chi connectivity index (χ4v) is 11.6. The second kappa shape index (κ2) is 11.0. The highest BCUT2D eigenvalue weighted by molar-refractivity contribution is 7.66. The van der Waals surface area contributed by atoms with Gasteiger partial charge < -0.3 is 0 Å². The standard InChI is InChI=1S/C42H40P2/c1-41(2,3)33-21-17-29(18-22-33)37-25-31-27-40-32(28-39(31)43(37)35-13-9-7-10-14-35)26-38(44(40)36-15-11-8-12-16-36)30-19-23-34(24-20-30)42(4,5)6/h7-28H,1-6H3. The van der Waals surface area contributed by atoms with E-state index in [9.17, 15) is 0 Å². The van der Waals surface area contributed by atoms with Crippen molar-refractivity contribution in [2.75, 3.05) is 0 Å². The van der Waals surface area contributed by atoms with Gasteiger partial charge in [0.05, 0.1) is 0 Å². The molecule has 0 saturated heterocycles. The average Bonchev–Trinajstić information content (AvgIpc) is 3.58. The van der Waals surface area contributed by atoms with Gasteiger partial charge in [0.1, 0.15) is 0 Å². The molecular formula is C42H40P2. The number of rotatable bonds is 4. The Labute approximate surface area is 264 Å². The van der Waals surface area contributed by atoms with E-state index in [-0.39, 0.29) is 10.8 Å². The summed E-state index contributed by atoms with van der Waals surface area (Å²) in [5, 5.41) is 11.5. The Hall–Kier alpha value is -3.82. The van der Waals surface area contributed by atoms with Crippen molar-refractivity contribution in [3.8, 4) is 32.3 Å². The van der Waals surface area contributed by atoms with Crippen LogP contribution in [0.5, 0.6) is 0 Å². The van der Waals surface area contributed by atoms with E-state index in [2.05, 4.69) is 175 Å². The third-order valence-corrected chi connectivity index (χ3v) is 14.0. The lowest BCUT2D eigenvalue weighted by molar-refractivity contribution is 0.590. The summed E-state index contributed by atoms with van der Waals surface area (Å²) in [5.74, 6) is 0. The first-order valence-corrected chi connectivity index (χ1v) is 18.3. The smallest absolute Gasteiger partial charge is 0.00689 e. The monoisotopic (exact) mass is 606 g/mol. The lowest BCUT2D eigenvalue weighted by atomic mass is 9.86. The van der Waals surface area contributed by atoms with E-state index in [1.165, 1.54) is 64.5 Å². The van der Waals surface area contributed by atoms with Crippen LogP contribution < -0.4 is 0 Å². The van der Waals surface area contributed by atoms with Crippen molar-refractivity contribution >= 4 is 36.1 Å². The molecule has 0 N–H and O–H groups in total. The number of hydrogen-bond acceptors (Lipinski definition) is 0. The minimum atomic E-state index is -0.655. The summed E-state index contributed by atoms with van der Waals surface area (Å²) in [6, 6.07) is 51.1. The first-order valence-electron chi connectivity index (χ1n) is 15.6. The van der Waals surface area contributed by atoms with Crippen LogP contribution in [0.1, 0.15) is 52.7 Å². The summed E-state index contributed by atoms with van der Waals surface area (Å²) in [6.45, 7) is 13.7. The second-order valence-electron chi connectivity index (χ2n) is 14.0. The zero-order valence-corrected chi connectivity index (χ0v) is 28.4. The van der Waals surface area contributed by atoms with E-state index in [1.54, 1.807) is 0 Å². The summed E-state index contributed by atoms with van der Waals surface area (Å²) in [6.07, 6.45) is 0. The van der Waals surface area contributed by atoms with Crippen molar-refractivity contribution in [3.63, 3.8) is 0 Å². The molecule has 0 aliphatic rings. The maximum absolute atomic E-state index is 2.53. The molecule has 2 unspecified atom stereocenters. The Balaban J connectivity index is 1.48. The summed E-state index contributed by atoms with van der Waals surface area (Å²) in [5.41, 5.74) is 5.71. The van der Waals surface area contributed by atoms with Crippen LogP contribution in [0.3, 0.4) is 0 Å². The first-order chi connectivity index (χ1) is 21.1. The van der Waals surface area contributed by atoms with Gasteiger partial charge in [0.15, 0.2) is 0 Å². The summed E-state index contributed by atoms with van der Waals surface area (Å²) < 4.78 is 0. The summed E-state index contributed by atoms with van der Waals surface area (Å²) in [7, 11) is -1.31. The van der Waals surface area contributed by atoms with E-state index >= 15 is 0 Å². The van der Waals surface area contributed by atoms with Crippen LogP contribution in [0.25, 0.3) is 53.3 Å². The normalized spacial score (nSPS) is 13.1. The molecule has 44 heavy (non-hydrogen) atoms. The molecule has 0 bridgehead atoms. The zero-order chi connectivity index (χ0) is 30.6. The van der Waals surface area contributed by atoms with E-state index in [4.69, 9.17) is 0 Å². The van der Waals surface area contributed by atoms with Crippen molar-refractivity contribution in [2.45, 2.75) is 52.4 Å². The summed E-state index contributed by atoms with van der Waals surface area (Å²) >= 11 is 0. The molecule has 2 heteroatoms. The third-order valence-electron chi connectivity index (χ3n) is 8.85. The van der Waals surface area contributed by atoms with Gasteiger partial charge in [-0.2, -0.15) is 0 Å². The fraction of sp³-hybridized carbons (Fsp3) is 0.190. The molecule has 7 rings (SSSR count). The van der Waals surface area contributed by atoms with Gasteiger partial charge >= 0.3 is 0 Å². The van der Waals surface area contributed by atoms with Crippen LogP contribution in [0, 0.1) is 0 Å². The molecule has 218 valence electrons. The number of fused-ring (bicyclic) bond motifs is 2. The van der Waals surface area contributed by atoms with Crippen LogP contribution in [0.4, 0.5) is 0 Å². The maximum Gasteiger partial charge on any atom is 0.00689 e. The van der Waals surface area contributed by atoms with E-state index in [0.717, 1.165) is 0 Å². The maximum atomic E-state index is 2.53. The Morgan fingerprint density at radius 3 is 1.05 bits per heavy atom. The SMILES string of the molecule is CC(C)(C)c1ccc(-c2cc3cc4c(cc(-c5ccc(C(C)(C)C)cc5)p4-c4ccccc4)cc3p2-c2ccccc2)cc1. The van der Waals surface area contributed by atoms with Crippen molar-refractivity contribution in [1.29, 1.82) is 0 Å². The molecule has 0 nitrogen and oxygen atoms in total. The quantitative estimate of drug-likeness (QED) is 0.187. The van der Waals surface area contributed by atoms with Crippen LogP contribution in [-0.2, 0) is 10.8 Å². The highest BCUT2D eigenvalue weighted by atomic mass is 31.1. The molecule has 2 heterocycles. The first kappa shape index (κ1) is 28.9. The van der Waals surface area contributed by atoms with E-state index in [0.29, 0.717) is 0 Å². The molecular weight excluding hydrogens is 566 g/mol. The second-order valence-corrected chi connectivity index (χ2v) is 18.3. The van der Waals surface area contributed by atoms with Crippen LogP contribution in [0.2, 0.25) is 0 Å². The Morgan fingerprint density at radius 2 is 0.727 bits per heavy atom. The van der Waals surface area contributed by atoms with Gasteiger partial charge in [-0.05, 0) is 78.7 Å². The van der Waals surface area contributed by atoms with Crippen molar-refractivity contribution < 1.29 is 0 Å². The minimum Gasteiger partial charge on any atom is -0.0772 e.